The topological polar surface area (TPSA) is 43.1 Å². The van der Waals surface area contributed by atoms with E-state index in [1.807, 2.05) is 12.1 Å². The Morgan fingerprint density at radius 2 is 2.22 bits per heavy atom. The molecule has 0 amide bonds. The van der Waals surface area contributed by atoms with Gasteiger partial charge in [-0.15, -0.1) is 0 Å². The van der Waals surface area contributed by atoms with E-state index in [9.17, 15) is 4.21 Å². The summed E-state index contributed by atoms with van der Waals surface area (Å²) in [6, 6.07) is 7.37. The van der Waals surface area contributed by atoms with Gasteiger partial charge in [-0.3, -0.25) is 4.21 Å². The van der Waals surface area contributed by atoms with Crippen molar-refractivity contribution in [3.63, 3.8) is 0 Å². The van der Waals surface area contributed by atoms with Crippen molar-refractivity contribution in [3.8, 4) is 0 Å². The van der Waals surface area contributed by atoms with Crippen LogP contribution in [0, 0.1) is 5.92 Å². The predicted octanol–water partition coefficient (Wildman–Crippen LogP) is 3.35. The van der Waals surface area contributed by atoms with Crippen molar-refractivity contribution in [2.45, 2.75) is 48.8 Å². The van der Waals surface area contributed by atoms with Gasteiger partial charge in [-0.05, 0) is 43.4 Å². The molecule has 0 aliphatic heterocycles. The van der Waals surface area contributed by atoms with E-state index >= 15 is 0 Å². The maximum atomic E-state index is 12.6. The molecule has 0 heterocycles. The number of hydrogen-bond acceptors (Lipinski definition) is 2. The molecule has 1 saturated carbocycles. The van der Waals surface area contributed by atoms with E-state index in [0.29, 0.717) is 10.9 Å². The van der Waals surface area contributed by atoms with E-state index in [4.69, 9.17) is 17.3 Å². The Labute approximate surface area is 116 Å². The van der Waals surface area contributed by atoms with Crippen LogP contribution in [0.4, 0.5) is 0 Å². The third kappa shape index (κ3) is 3.14. The van der Waals surface area contributed by atoms with Crippen LogP contribution in [-0.2, 0) is 10.8 Å². The Bertz CT molecular complexity index is 438. The van der Waals surface area contributed by atoms with E-state index in [1.165, 1.54) is 6.42 Å². The van der Waals surface area contributed by atoms with Gasteiger partial charge in [0, 0.05) is 16.0 Å². The summed E-state index contributed by atoms with van der Waals surface area (Å²) >= 11 is 5.95. The molecule has 0 spiro atoms. The normalized spacial score (nSPS) is 30.1. The van der Waals surface area contributed by atoms with Crippen LogP contribution in [0.15, 0.2) is 29.2 Å². The lowest BCUT2D eigenvalue weighted by molar-refractivity contribution is 0.324. The first-order chi connectivity index (χ1) is 8.61. The number of nitrogens with two attached hydrogens (primary N) is 1. The molecule has 0 radical (unpaired) electrons. The lowest BCUT2D eigenvalue weighted by atomic mass is 9.84. The molecule has 2 N–H and O–H groups in total. The molecule has 1 aromatic carbocycles. The van der Waals surface area contributed by atoms with Crippen LogP contribution in [0.5, 0.6) is 0 Å². The minimum Gasteiger partial charge on any atom is -0.327 e. The van der Waals surface area contributed by atoms with Crippen LogP contribution < -0.4 is 5.73 Å². The number of hydrogen-bond donors (Lipinski definition) is 1. The molecule has 18 heavy (non-hydrogen) atoms. The summed E-state index contributed by atoms with van der Waals surface area (Å²) in [5.74, 6) is 0.665. The van der Waals surface area contributed by atoms with E-state index in [0.717, 1.165) is 24.2 Å². The molecule has 2 rings (SSSR count). The van der Waals surface area contributed by atoms with Crippen molar-refractivity contribution >= 4 is 22.4 Å². The van der Waals surface area contributed by atoms with Crippen molar-refractivity contribution in [2.75, 3.05) is 0 Å². The summed E-state index contributed by atoms with van der Waals surface area (Å²) in [5.41, 5.74) is 6.15. The molecular formula is C14H20ClNOS. The molecule has 1 aromatic rings. The van der Waals surface area contributed by atoms with Crippen molar-refractivity contribution < 1.29 is 4.21 Å². The summed E-state index contributed by atoms with van der Waals surface area (Å²) in [7, 11) is -1.04. The Morgan fingerprint density at radius 1 is 1.44 bits per heavy atom. The van der Waals surface area contributed by atoms with E-state index in [-0.39, 0.29) is 11.3 Å². The monoisotopic (exact) mass is 285 g/mol. The van der Waals surface area contributed by atoms with Crippen LogP contribution in [-0.4, -0.2) is 15.5 Å². The van der Waals surface area contributed by atoms with Gasteiger partial charge in [0.1, 0.15) is 0 Å². The Balaban J connectivity index is 2.16. The Morgan fingerprint density at radius 3 is 2.89 bits per heavy atom. The van der Waals surface area contributed by atoms with Gasteiger partial charge in [-0.1, -0.05) is 31.0 Å². The minimum absolute atomic E-state index is 0.0487. The van der Waals surface area contributed by atoms with Crippen LogP contribution in [0.2, 0.25) is 5.02 Å². The van der Waals surface area contributed by atoms with Gasteiger partial charge in [0.05, 0.1) is 16.0 Å². The fraction of sp³-hybridized carbons (Fsp3) is 0.571. The average molecular weight is 286 g/mol. The molecule has 1 fully saturated rings. The zero-order chi connectivity index (χ0) is 13.1. The fourth-order valence-corrected chi connectivity index (χ4v) is 4.58. The molecule has 2 nitrogen and oxygen atoms in total. The SMILES string of the molecule is CCC1CCC(N)C(S(=O)c2cccc(Cl)c2)C1. The molecule has 0 aromatic heterocycles. The first kappa shape index (κ1) is 14.0. The summed E-state index contributed by atoms with van der Waals surface area (Å²) in [5, 5.41) is 0.708. The molecule has 1 aliphatic carbocycles. The summed E-state index contributed by atoms with van der Waals surface area (Å²) in [4.78, 5) is 0.805. The standard InChI is InChI=1S/C14H20ClNOS/c1-2-10-6-7-13(16)14(8-10)18(17)12-5-3-4-11(15)9-12/h3-5,9-10,13-14H,2,6-8,16H2,1H3. The predicted molar refractivity (Wildman–Crippen MR) is 77.3 cm³/mol. The lowest BCUT2D eigenvalue weighted by Crippen LogP contribution is -2.42. The highest BCUT2D eigenvalue weighted by Crippen LogP contribution is 2.31. The molecule has 0 bridgehead atoms. The van der Waals surface area contributed by atoms with Crippen LogP contribution in [0.25, 0.3) is 0 Å². The molecule has 4 unspecified atom stereocenters. The van der Waals surface area contributed by atoms with Gasteiger partial charge in [0.25, 0.3) is 0 Å². The molecule has 0 saturated heterocycles. The number of halogens is 1. The number of rotatable bonds is 3. The van der Waals surface area contributed by atoms with Gasteiger partial charge in [-0.2, -0.15) is 0 Å². The molecule has 100 valence electrons. The molecule has 4 atom stereocenters. The highest BCUT2D eigenvalue weighted by molar-refractivity contribution is 7.85. The first-order valence-electron chi connectivity index (χ1n) is 6.53. The van der Waals surface area contributed by atoms with E-state index in [2.05, 4.69) is 6.92 Å². The van der Waals surface area contributed by atoms with Crippen LogP contribution in [0.3, 0.4) is 0 Å². The fourth-order valence-electron chi connectivity index (χ4n) is 2.62. The Hall–Kier alpha value is -0.380. The summed E-state index contributed by atoms with van der Waals surface area (Å²) in [6.07, 6.45) is 4.27. The maximum Gasteiger partial charge on any atom is 0.0577 e. The second-order valence-electron chi connectivity index (χ2n) is 5.04. The van der Waals surface area contributed by atoms with E-state index < -0.39 is 10.8 Å². The maximum absolute atomic E-state index is 12.6. The zero-order valence-electron chi connectivity index (χ0n) is 10.6. The quantitative estimate of drug-likeness (QED) is 0.925. The van der Waals surface area contributed by atoms with Gasteiger partial charge in [0.2, 0.25) is 0 Å². The van der Waals surface area contributed by atoms with Crippen LogP contribution in [0.1, 0.15) is 32.6 Å². The third-order valence-electron chi connectivity index (χ3n) is 3.83. The van der Waals surface area contributed by atoms with E-state index in [1.54, 1.807) is 12.1 Å². The third-order valence-corrected chi connectivity index (χ3v) is 5.88. The van der Waals surface area contributed by atoms with Gasteiger partial charge in [-0.25, -0.2) is 0 Å². The van der Waals surface area contributed by atoms with Crippen molar-refractivity contribution in [2.24, 2.45) is 11.7 Å². The largest absolute Gasteiger partial charge is 0.327 e. The summed E-state index contributed by atoms with van der Waals surface area (Å²) in [6.45, 7) is 2.20. The minimum atomic E-state index is -1.04. The highest BCUT2D eigenvalue weighted by atomic mass is 35.5. The van der Waals surface area contributed by atoms with Crippen molar-refractivity contribution in [3.05, 3.63) is 29.3 Å². The van der Waals surface area contributed by atoms with Gasteiger partial charge >= 0.3 is 0 Å². The van der Waals surface area contributed by atoms with Crippen molar-refractivity contribution in [1.29, 1.82) is 0 Å². The smallest absolute Gasteiger partial charge is 0.0577 e. The van der Waals surface area contributed by atoms with Gasteiger partial charge in [0.15, 0.2) is 0 Å². The molecular weight excluding hydrogens is 266 g/mol. The molecule has 1 aliphatic rings. The van der Waals surface area contributed by atoms with Crippen molar-refractivity contribution in [1.82, 2.24) is 0 Å². The number of benzene rings is 1. The highest BCUT2D eigenvalue weighted by Gasteiger charge is 2.32. The van der Waals surface area contributed by atoms with Crippen LogP contribution >= 0.6 is 11.6 Å². The van der Waals surface area contributed by atoms with Gasteiger partial charge < -0.3 is 5.73 Å². The summed E-state index contributed by atoms with van der Waals surface area (Å²) < 4.78 is 12.6. The zero-order valence-corrected chi connectivity index (χ0v) is 12.2. The first-order valence-corrected chi connectivity index (χ1v) is 8.12. The second-order valence-corrected chi connectivity index (χ2v) is 7.15. The lowest BCUT2D eigenvalue weighted by Gasteiger charge is -2.33. The average Bonchev–Trinajstić information content (AvgIpc) is 2.38. The Kier molecular flexibility index (Phi) is 4.82. The molecule has 4 heteroatoms. The second kappa shape index (κ2) is 6.18.